The Morgan fingerprint density at radius 2 is 1.81 bits per heavy atom. The highest BCUT2D eigenvalue weighted by Crippen LogP contribution is 2.42. The van der Waals surface area contributed by atoms with Crippen molar-refractivity contribution in [3.8, 4) is 0 Å². The number of ketones is 1. The third-order valence-electron chi connectivity index (χ3n) is 7.23. The lowest BCUT2D eigenvalue weighted by Crippen LogP contribution is -2.57. The van der Waals surface area contributed by atoms with Crippen LogP contribution in [0.1, 0.15) is 49.9 Å². The van der Waals surface area contributed by atoms with Gasteiger partial charge in [0.15, 0.2) is 15.6 Å². The minimum absolute atomic E-state index is 0.0183. The standard InChI is InChI=1S/C23H30N2O6S/c1-14-12-25(18-17(26)13-31-19(14)18)22(28)20(23(2)10-4-5-11-23)24-21(27)15-6-8-16(9-7-15)32(3,29)30/h6-9,14,18-20H,4-5,10-13H2,1-3H3,(H,24,27)/t14-,18+,19+,20+/m0/s1. The number of hydrogen-bond acceptors (Lipinski definition) is 6. The molecule has 8 nitrogen and oxygen atoms in total. The molecule has 0 aromatic heterocycles. The summed E-state index contributed by atoms with van der Waals surface area (Å²) in [6, 6.07) is 4.32. The quantitative estimate of drug-likeness (QED) is 0.712. The lowest BCUT2D eigenvalue weighted by atomic mass is 9.79. The fraction of sp³-hybridized carbons (Fsp3) is 0.609. The van der Waals surface area contributed by atoms with Crippen molar-refractivity contribution < 1.29 is 27.5 Å². The van der Waals surface area contributed by atoms with E-state index in [1.165, 1.54) is 24.3 Å². The van der Waals surface area contributed by atoms with E-state index in [-0.39, 0.29) is 40.8 Å². The monoisotopic (exact) mass is 462 g/mol. The maximum Gasteiger partial charge on any atom is 0.251 e. The molecule has 0 radical (unpaired) electrons. The highest BCUT2D eigenvalue weighted by Gasteiger charge is 2.54. The number of hydrogen-bond donors (Lipinski definition) is 1. The lowest BCUT2D eigenvalue weighted by Gasteiger charge is -2.37. The topological polar surface area (TPSA) is 110 Å². The average molecular weight is 463 g/mol. The van der Waals surface area contributed by atoms with Gasteiger partial charge in [-0.05, 0) is 42.5 Å². The third kappa shape index (κ3) is 4.08. The van der Waals surface area contributed by atoms with Crippen molar-refractivity contribution in [3.05, 3.63) is 29.8 Å². The minimum atomic E-state index is -3.37. The normalized spacial score (nSPS) is 27.9. The van der Waals surface area contributed by atoms with Crippen LogP contribution in [0.4, 0.5) is 0 Å². The molecule has 1 aliphatic carbocycles. The van der Waals surface area contributed by atoms with Crippen LogP contribution in [-0.2, 0) is 24.2 Å². The van der Waals surface area contributed by atoms with Crippen LogP contribution >= 0.6 is 0 Å². The molecule has 0 unspecified atom stereocenters. The van der Waals surface area contributed by atoms with Gasteiger partial charge in [-0.3, -0.25) is 14.4 Å². The molecule has 2 saturated heterocycles. The van der Waals surface area contributed by atoms with E-state index in [4.69, 9.17) is 4.74 Å². The summed E-state index contributed by atoms with van der Waals surface area (Å²) in [4.78, 5) is 41.0. The van der Waals surface area contributed by atoms with Gasteiger partial charge in [0.2, 0.25) is 5.91 Å². The van der Waals surface area contributed by atoms with Crippen LogP contribution in [0.5, 0.6) is 0 Å². The summed E-state index contributed by atoms with van der Waals surface area (Å²) < 4.78 is 29.0. The largest absolute Gasteiger partial charge is 0.367 e. The Labute approximate surface area is 188 Å². The Bertz CT molecular complexity index is 1030. The van der Waals surface area contributed by atoms with E-state index in [1.54, 1.807) is 4.90 Å². The number of amides is 2. The smallest absolute Gasteiger partial charge is 0.251 e. The molecule has 4 atom stereocenters. The van der Waals surface area contributed by atoms with Gasteiger partial charge in [0.05, 0.1) is 11.0 Å². The summed E-state index contributed by atoms with van der Waals surface area (Å²) in [5.41, 5.74) is -0.131. The number of sulfone groups is 1. The van der Waals surface area contributed by atoms with Gasteiger partial charge >= 0.3 is 0 Å². The molecule has 2 aliphatic heterocycles. The first-order valence-electron chi connectivity index (χ1n) is 11.1. The number of likely N-dealkylation sites (tertiary alicyclic amines) is 1. The highest BCUT2D eigenvalue weighted by molar-refractivity contribution is 7.90. The van der Waals surface area contributed by atoms with Gasteiger partial charge in [-0.25, -0.2) is 8.42 Å². The summed E-state index contributed by atoms with van der Waals surface area (Å²) >= 11 is 0. The Hall–Kier alpha value is -2.26. The molecule has 2 amide bonds. The zero-order valence-electron chi connectivity index (χ0n) is 18.7. The highest BCUT2D eigenvalue weighted by atomic mass is 32.2. The SMILES string of the molecule is C[C@H]1CN(C(=O)[C@@H](NC(=O)c2ccc(S(C)(=O)=O)cc2)C2(C)CCCC2)[C@@H]2C(=O)CO[C@@H]21. The van der Waals surface area contributed by atoms with Crippen LogP contribution in [-0.4, -0.2) is 68.5 Å². The molecule has 1 aromatic carbocycles. The van der Waals surface area contributed by atoms with Crippen molar-refractivity contribution in [2.75, 3.05) is 19.4 Å². The molecule has 3 aliphatic rings. The van der Waals surface area contributed by atoms with Crippen LogP contribution in [0.2, 0.25) is 0 Å². The van der Waals surface area contributed by atoms with E-state index in [9.17, 15) is 22.8 Å². The molecule has 1 N–H and O–H groups in total. The minimum Gasteiger partial charge on any atom is -0.367 e. The number of nitrogens with zero attached hydrogens (tertiary/aromatic N) is 1. The zero-order chi connectivity index (χ0) is 23.3. The van der Waals surface area contributed by atoms with Gasteiger partial charge in [0.25, 0.3) is 5.91 Å². The number of carbonyl (C=O) groups excluding carboxylic acids is 3. The fourth-order valence-corrected chi connectivity index (χ4v) is 5.99. The first-order chi connectivity index (χ1) is 15.0. The second-order valence-electron chi connectivity index (χ2n) is 9.72. The number of rotatable bonds is 5. The summed E-state index contributed by atoms with van der Waals surface area (Å²) in [5, 5.41) is 2.93. The Kier molecular flexibility index (Phi) is 5.92. The van der Waals surface area contributed by atoms with Crippen LogP contribution in [0.3, 0.4) is 0 Å². The van der Waals surface area contributed by atoms with E-state index in [0.717, 1.165) is 31.9 Å². The number of fused-ring (bicyclic) bond motifs is 1. The van der Waals surface area contributed by atoms with Crippen molar-refractivity contribution in [1.82, 2.24) is 10.2 Å². The van der Waals surface area contributed by atoms with Gasteiger partial charge in [-0.2, -0.15) is 0 Å². The lowest BCUT2D eigenvalue weighted by molar-refractivity contribution is -0.140. The molecule has 3 fully saturated rings. The van der Waals surface area contributed by atoms with Gasteiger partial charge in [-0.1, -0.05) is 26.7 Å². The van der Waals surface area contributed by atoms with Crippen molar-refractivity contribution >= 4 is 27.4 Å². The van der Waals surface area contributed by atoms with E-state index in [2.05, 4.69) is 5.32 Å². The molecule has 174 valence electrons. The molecule has 32 heavy (non-hydrogen) atoms. The summed E-state index contributed by atoms with van der Waals surface area (Å²) in [7, 11) is -3.37. The van der Waals surface area contributed by atoms with Crippen molar-refractivity contribution in [2.45, 2.75) is 62.6 Å². The van der Waals surface area contributed by atoms with E-state index in [1.807, 2.05) is 13.8 Å². The number of carbonyl (C=O) groups is 3. The van der Waals surface area contributed by atoms with Crippen molar-refractivity contribution in [1.29, 1.82) is 0 Å². The number of Topliss-reactive ketones (excluding diaryl/α,β-unsaturated/α-hetero) is 1. The van der Waals surface area contributed by atoms with Crippen LogP contribution in [0.15, 0.2) is 29.2 Å². The van der Waals surface area contributed by atoms with Crippen molar-refractivity contribution in [2.24, 2.45) is 11.3 Å². The molecule has 9 heteroatoms. The molecular weight excluding hydrogens is 432 g/mol. The molecule has 2 heterocycles. The first kappa shape index (κ1) is 22.9. The molecule has 0 spiro atoms. The van der Waals surface area contributed by atoms with Gasteiger partial charge < -0.3 is 15.0 Å². The van der Waals surface area contributed by atoms with E-state index >= 15 is 0 Å². The Morgan fingerprint density at radius 3 is 2.41 bits per heavy atom. The van der Waals surface area contributed by atoms with Gasteiger partial charge in [0, 0.05) is 24.3 Å². The second kappa shape index (κ2) is 8.26. The van der Waals surface area contributed by atoms with Gasteiger partial charge in [-0.15, -0.1) is 0 Å². The van der Waals surface area contributed by atoms with Crippen LogP contribution in [0.25, 0.3) is 0 Å². The fourth-order valence-electron chi connectivity index (χ4n) is 5.36. The zero-order valence-corrected chi connectivity index (χ0v) is 19.5. The molecule has 1 aromatic rings. The number of nitrogens with one attached hydrogen (secondary N) is 1. The number of benzene rings is 1. The van der Waals surface area contributed by atoms with Crippen LogP contribution < -0.4 is 5.32 Å². The summed E-state index contributed by atoms with van der Waals surface area (Å²) in [6.07, 6.45) is 4.38. The third-order valence-corrected chi connectivity index (χ3v) is 8.36. The Balaban J connectivity index is 1.60. The predicted octanol–water partition coefficient (Wildman–Crippen LogP) is 1.58. The molecule has 1 saturated carbocycles. The van der Waals surface area contributed by atoms with Crippen molar-refractivity contribution in [3.63, 3.8) is 0 Å². The summed E-state index contributed by atoms with van der Waals surface area (Å²) in [5.74, 6) is -0.722. The molecule has 0 bridgehead atoms. The van der Waals surface area contributed by atoms with E-state index in [0.29, 0.717) is 6.54 Å². The second-order valence-corrected chi connectivity index (χ2v) is 11.7. The van der Waals surface area contributed by atoms with E-state index < -0.39 is 33.2 Å². The number of ether oxygens (including phenoxy) is 1. The van der Waals surface area contributed by atoms with Gasteiger partial charge in [0.1, 0.15) is 18.7 Å². The first-order valence-corrected chi connectivity index (χ1v) is 13.0. The Morgan fingerprint density at radius 1 is 1.19 bits per heavy atom. The maximum atomic E-state index is 13.7. The molecule has 4 rings (SSSR count). The summed E-state index contributed by atoms with van der Waals surface area (Å²) in [6.45, 7) is 4.42. The molecular formula is C23H30N2O6S. The van der Waals surface area contributed by atoms with Crippen LogP contribution in [0, 0.1) is 11.3 Å². The predicted molar refractivity (Wildman–Crippen MR) is 117 cm³/mol. The average Bonchev–Trinajstić information content (AvgIpc) is 3.43. The maximum absolute atomic E-state index is 13.7.